The highest BCUT2D eigenvalue weighted by atomic mass is 16.7. The van der Waals surface area contributed by atoms with Crippen LogP contribution < -0.4 is 0 Å². The summed E-state index contributed by atoms with van der Waals surface area (Å²) < 4.78 is 17.4. The molecule has 0 radical (unpaired) electrons. The third kappa shape index (κ3) is 7.21. The molecule has 0 aromatic carbocycles. The van der Waals surface area contributed by atoms with Gasteiger partial charge in [-0.15, -0.1) is 0 Å². The van der Waals surface area contributed by atoms with Gasteiger partial charge in [0, 0.05) is 0 Å². The molecule has 8 atom stereocenters. The molecular weight excluding hydrogens is 448 g/mol. The summed E-state index contributed by atoms with van der Waals surface area (Å²) in [5, 5.41) is 9.86. The van der Waals surface area contributed by atoms with Crippen molar-refractivity contribution in [1.29, 1.82) is 0 Å². The molecule has 3 rings (SSSR count). The van der Waals surface area contributed by atoms with Gasteiger partial charge in [0.15, 0.2) is 6.29 Å². The van der Waals surface area contributed by atoms with Crippen LogP contribution in [0.1, 0.15) is 99.3 Å². The molecule has 3 fully saturated rings. The first-order valence-corrected chi connectivity index (χ1v) is 13.7. The maximum absolute atomic E-state index is 13.6. The molecule has 3 saturated carbocycles. The Morgan fingerprint density at radius 1 is 0.943 bits per heavy atom. The number of carbonyl (C=O) groups is 3. The van der Waals surface area contributed by atoms with E-state index in [1.54, 1.807) is 27.7 Å². The summed E-state index contributed by atoms with van der Waals surface area (Å²) in [4.78, 5) is 39.0. The smallest absolute Gasteiger partial charge is 0.312 e. The Kier molecular flexibility index (Phi) is 9.27. The van der Waals surface area contributed by atoms with E-state index in [0.717, 1.165) is 38.5 Å². The monoisotopic (exact) mass is 494 g/mol. The van der Waals surface area contributed by atoms with Crippen molar-refractivity contribution in [2.75, 3.05) is 0 Å². The molecule has 7 nitrogen and oxygen atoms in total. The first-order chi connectivity index (χ1) is 16.4. The summed E-state index contributed by atoms with van der Waals surface area (Å²) >= 11 is 0. The maximum atomic E-state index is 13.6. The zero-order chi connectivity index (χ0) is 25.9. The van der Waals surface area contributed by atoms with Gasteiger partial charge in [-0.1, -0.05) is 33.1 Å². The Balaban J connectivity index is 1.83. The number of rotatable bonds is 10. The van der Waals surface area contributed by atoms with Gasteiger partial charge < -0.3 is 19.3 Å². The standard InChI is InChI=1S/C28H46O7/c1-16-19-12-13-20(14-19)22(16)15-23(24(17(2)25(29)30)27(32)35-28(4,5)6)26(31)34-18(3)33-21-10-8-7-9-11-21/h16-24H,7-15H2,1-6H3,(H,29,30). The fourth-order valence-corrected chi connectivity index (χ4v) is 6.78. The fourth-order valence-electron chi connectivity index (χ4n) is 6.78. The Morgan fingerprint density at radius 2 is 1.57 bits per heavy atom. The van der Waals surface area contributed by atoms with Crippen molar-refractivity contribution < 1.29 is 33.7 Å². The summed E-state index contributed by atoms with van der Waals surface area (Å²) in [6, 6.07) is 0. The zero-order valence-electron chi connectivity index (χ0n) is 22.5. The summed E-state index contributed by atoms with van der Waals surface area (Å²) in [7, 11) is 0. The molecule has 0 aliphatic heterocycles. The summed E-state index contributed by atoms with van der Waals surface area (Å²) in [5.41, 5.74) is -0.793. The van der Waals surface area contributed by atoms with Crippen molar-refractivity contribution in [1.82, 2.24) is 0 Å². The number of carboxylic acids is 1. The number of carbonyl (C=O) groups excluding carboxylic acids is 2. The minimum atomic E-state index is -1.12. The lowest BCUT2D eigenvalue weighted by molar-refractivity contribution is -0.198. The molecule has 0 aromatic heterocycles. The first kappa shape index (κ1) is 27.9. The maximum Gasteiger partial charge on any atom is 0.312 e. The van der Waals surface area contributed by atoms with Crippen LogP contribution in [-0.4, -0.2) is 41.0 Å². The molecule has 0 amide bonds. The van der Waals surface area contributed by atoms with Gasteiger partial charge >= 0.3 is 17.9 Å². The van der Waals surface area contributed by atoms with Crippen molar-refractivity contribution in [3.63, 3.8) is 0 Å². The molecule has 3 aliphatic rings. The Morgan fingerprint density at radius 3 is 2.11 bits per heavy atom. The zero-order valence-corrected chi connectivity index (χ0v) is 22.5. The van der Waals surface area contributed by atoms with Crippen LogP contribution in [0, 0.1) is 41.4 Å². The second-order valence-corrected chi connectivity index (χ2v) is 12.3. The van der Waals surface area contributed by atoms with Crippen molar-refractivity contribution in [3.8, 4) is 0 Å². The number of hydrogen-bond acceptors (Lipinski definition) is 6. The second kappa shape index (κ2) is 11.6. The van der Waals surface area contributed by atoms with Crippen LogP contribution in [0.5, 0.6) is 0 Å². The minimum absolute atomic E-state index is 0.0650. The predicted octanol–water partition coefficient (Wildman–Crippen LogP) is 5.59. The molecule has 1 N–H and O–H groups in total. The average molecular weight is 495 g/mol. The van der Waals surface area contributed by atoms with Gasteiger partial charge in [0.25, 0.3) is 0 Å². The number of aliphatic carboxylic acids is 1. The first-order valence-electron chi connectivity index (χ1n) is 13.7. The Labute approximate surface area is 210 Å². The average Bonchev–Trinajstić information content (AvgIpc) is 3.34. The van der Waals surface area contributed by atoms with Crippen LogP contribution in [0.4, 0.5) is 0 Å². The highest BCUT2D eigenvalue weighted by Gasteiger charge is 2.50. The highest BCUT2D eigenvalue weighted by Crippen LogP contribution is 2.54. The lowest BCUT2D eigenvalue weighted by Crippen LogP contribution is -2.44. The van der Waals surface area contributed by atoms with Gasteiger partial charge in [0.2, 0.25) is 0 Å². The molecule has 3 aliphatic carbocycles. The molecule has 7 heteroatoms. The molecule has 35 heavy (non-hydrogen) atoms. The van der Waals surface area contributed by atoms with E-state index in [9.17, 15) is 19.5 Å². The van der Waals surface area contributed by atoms with E-state index in [2.05, 4.69) is 6.92 Å². The van der Waals surface area contributed by atoms with Crippen LogP contribution in [0.15, 0.2) is 0 Å². The third-order valence-corrected chi connectivity index (χ3v) is 8.63. The number of fused-ring (bicyclic) bond motifs is 2. The summed E-state index contributed by atoms with van der Waals surface area (Å²) in [5.74, 6) is -3.53. The van der Waals surface area contributed by atoms with Crippen LogP contribution in [0.3, 0.4) is 0 Å². The second-order valence-electron chi connectivity index (χ2n) is 12.3. The number of esters is 2. The van der Waals surface area contributed by atoms with E-state index in [1.165, 1.54) is 19.8 Å². The van der Waals surface area contributed by atoms with E-state index in [0.29, 0.717) is 24.2 Å². The van der Waals surface area contributed by atoms with E-state index in [-0.39, 0.29) is 12.0 Å². The van der Waals surface area contributed by atoms with Crippen LogP contribution in [0.25, 0.3) is 0 Å². The largest absolute Gasteiger partial charge is 0.481 e. The molecule has 0 spiro atoms. The molecule has 200 valence electrons. The predicted molar refractivity (Wildman–Crippen MR) is 131 cm³/mol. The van der Waals surface area contributed by atoms with Crippen molar-refractivity contribution in [2.24, 2.45) is 41.4 Å². The topological polar surface area (TPSA) is 99.1 Å². The molecule has 0 saturated heterocycles. The Bertz CT molecular complexity index is 749. The highest BCUT2D eigenvalue weighted by molar-refractivity contribution is 5.86. The van der Waals surface area contributed by atoms with Gasteiger partial charge in [-0.25, -0.2) is 0 Å². The Hall–Kier alpha value is -1.63. The molecular formula is C28H46O7. The molecule has 0 aromatic rings. The molecule has 2 bridgehead atoms. The van der Waals surface area contributed by atoms with Gasteiger partial charge in [-0.2, -0.15) is 0 Å². The quantitative estimate of drug-likeness (QED) is 0.312. The fraction of sp³-hybridized carbons (Fsp3) is 0.893. The number of carboxylic acid groups (broad SMARTS) is 1. The van der Waals surface area contributed by atoms with Crippen LogP contribution in [0.2, 0.25) is 0 Å². The van der Waals surface area contributed by atoms with Gasteiger partial charge in [-0.05, 0) is 89.9 Å². The lowest BCUT2D eigenvalue weighted by Gasteiger charge is -2.36. The number of hydrogen-bond donors (Lipinski definition) is 1. The van der Waals surface area contributed by atoms with E-state index in [4.69, 9.17) is 14.2 Å². The van der Waals surface area contributed by atoms with Crippen LogP contribution in [-0.2, 0) is 28.6 Å². The van der Waals surface area contributed by atoms with E-state index >= 15 is 0 Å². The lowest BCUT2D eigenvalue weighted by atomic mass is 9.71. The van der Waals surface area contributed by atoms with Gasteiger partial charge in [0.05, 0.1) is 23.9 Å². The minimum Gasteiger partial charge on any atom is -0.481 e. The van der Waals surface area contributed by atoms with Crippen LogP contribution >= 0.6 is 0 Å². The van der Waals surface area contributed by atoms with E-state index < -0.39 is 47.6 Å². The molecule has 0 heterocycles. The normalized spacial score (nSPS) is 30.3. The SMILES string of the molecule is CC(OC(=O)C(CC1C2CCC(C2)C1C)C(C(=O)OC(C)(C)C)C(C)C(=O)O)OC1CCCCC1. The number of ether oxygens (including phenoxy) is 3. The van der Waals surface area contributed by atoms with Crippen molar-refractivity contribution in [3.05, 3.63) is 0 Å². The van der Waals surface area contributed by atoms with E-state index in [1.807, 2.05) is 0 Å². The molecule has 8 unspecified atom stereocenters. The van der Waals surface area contributed by atoms with Gasteiger partial charge in [-0.3, -0.25) is 14.4 Å². The third-order valence-electron chi connectivity index (χ3n) is 8.63. The van der Waals surface area contributed by atoms with Crippen molar-refractivity contribution >= 4 is 17.9 Å². The van der Waals surface area contributed by atoms with Gasteiger partial charge in [0.1, 0.15) is 5.60 Å². The summed E-state index contributed by atoms with van der Waals surface area (Å²) in [6.07, 6.45) is 8.57. The van der Waals surface area contributed by atoms with Crippen molar-refractivity contribution in [2.45, 2.75) is 117 Å². The summed E-state index contributed by atoms with van der Waals surface area (Å²) in [6.45, 7) is 10.7.